The Morgan fingerprint density at radius 2 is 1.54 bits per heavy atom. The first-order valence-electron chi connectivity index (χ1n) is 9.28. The third-order valence-electron chi connectivity index (χ3n) is 3.97. The second-order valence-corrected chi connectivity index (χ2v) is 6.36. The van der Waals surface area contributed by atoms with E-state index in [1.807, 2.05) is 0 Å². The summed E-state index contributed by atoms with van der Waals surface area (Å²) in [4.78, 5) is 10.5. The van der Waals surface area contributed by atoms with Gasteiger partial charge >= 0.3 is 29.6 Å². The maximum Gasteiger partial charge on any atom is 1.00 e. The molecule has 0 saturated heterocycles. The molecule has 0 aromatic carbocycles. The summed E-state index contributed by atoms with van der Waals surface area (Å²) in [6, 6.07) is -0.758. The molecule has 0 aliphatic heterocycles. The first-order chi connectivity index (χ1) is 11.1. The number of carbonyl (C=O) groups is 1. The van der Waals surface area contributed by atoms with Gasteiger partial charge in [0, 0.05) is 19.2 Å². The average Bonchev–Trinajstić information content (AvgIpc) is 2.53. The smallest absolute Gasteiger partial charge is 0.548 e. The predicted octanol–water partition coefficient (Wildman–Crippen LogP) is -0.983. The van der Waals surface area contributed by atoms with Crippen molar-refractivity contribution in [2.75, 3.05) is 19.8 Å². The molecule has 6 heteroatoms. The van der Waals surface area contributed by atoms with Crippen molar-refractivity contribution in [2.45, 2.75) is 90.2 Å². The van der Waals surface area contributed by atoms with Crippen LogP contribution in [0.15, 0.2) is 0 Å². The van der Waals surface area contributed by atoms with Crippen LogP contribution >= 0.6 is 0 Å². The van der Waals surface area contributed by atoms with Crippen molar-refractivity contribution in [1.82, 2.24) is 5.32 Å². The van der Waals surface area contributed by atoms with Gasteiger partial charge in [0.15, 0.2) is 0 Å². The minimum Gasteiger partial charge on any atom is -0.548 e. The maximum atomic E-state index is 10.5. The van der Waals surface area contributed by atoms with Crippen LogP contribution in [0.3, 0.4) is 0 Å². The van der Waals surface area contributed by atoms with Gasteiger partial charge in [-0.3, -0.25) is 0 Å². The summed E-state index contributed by atoms with van der Waals surface area (Å²) in [5.74, 6) is -1.16. The summed E-state index contributed by atoms with van der Waals surface area (Å²) in [6.07, 6.45) is 12.2. The number of aliphatic carboxylic acids is 1. The summed E-state index contributed by atoms with van der Waals surface area (Å²) in [5, 5.41) is 22.8. The number of hydrogen-bond donors (Lipinski definition) is 2. The first kappa shape index (κ1) is 26.6. The van der Waals surface area contributed by atoms with E-state index in [1.54, 1.807) is 0 Å². The van der Waals surface area contributed by atoms with Crippen LogP contribution < -0.4 is 40.0 Å². The van der Waals surface area contributed by atoms with Gasteiger partial charge in [0.05, 0.1) is 18.7 Å². The molecule has 0 aliphatic carbocycles. The van der Waals surface area contributed by atoms with Crippen molar-refractivity contribution < 1.29 is 49.3 Å². The fraction of sp³-hybridized carbons (Fsp3) is 0.944. The Labute approximate surface area is 170 Å². The molecular weight excluding hydrogens is 317 g/mol. The number of rotatable bonds is 17. The third-order valence-corrected chi connectivity index (χ3v) is 3.97. The number of carboxylic acid groups (broad SMARTS) is 1. The average molecular weight is 353 g/mol. The molecule has 138 valence electrons. The van der Waals surface area contributed by atoms with Gasteiger partial charge in [0.1, 0.15) is 0 Å². The Morgan fingerprint density at radius 1 is 1.04 bits per heavy atom. The summed E-state index contributed by atoms with van der Waals surface area (Å²) in [5.41, 5.74) is 0. The van der Waals surface area contributed by atoms with E-state index in [2.05, 4.69) is 12.2 Å². The van der Waals surface area contributed by atoms with Crippen molar-refractivity contribution in [3.8, 4) is 0 Å². The normalized spacial score (nSPS) is 13.3. The maximum absolute atomic E-state index is 10.5. The SMILES string of the molecule is CCCCCCCCCCCCOCC(O)CN[C@@H](C)C(=O)[O-].[Na+]. The Bertz CT molecular complexity index is 280. The van der Waals surface area contributed by atoms with Crippen molar-refractivity contribution in [3.05, 3.63) is 0 Å². The van der Waals surface area contributed by atoms with Crippen molar-refractivity contribution >= 4 is 5.97 Å². The van der Waals surface area contributed by atoms with E-state index in [1.165, 1.54) is 64.7 Å². The Morgan fingerprint density at radius 3 is 2.04 bits per heavy atom. The van der Waals surface area contributed by atoms with E-state index < -0.39 is 18.1 Å². The van der Waals surface area contributed by atoms with Gasteiger partial charge < -0.3 is 25.1 Å². The molecule has 0 spiro atoms. The molecule has 0 rings (SSSR count). The molecule has 0 aromatic heterocycles. The van der Waals surface area contributed by atoms with E-state index in [9.17, 15) is 15.0 Å². The molecule has 2 atom stereocenters. The molecule has 0 heterocycles. The minimum absolute atomic E-state index is 0. The van der Waals surface area contributed by atoms with E-state index in [0.717, 1.165) is 6.42 Å². The van der Waals surface area contributed by atoms with Gasteiger partial charge in [-0.1, -0.05) is 64.7 Å². The zero-order valence-electron chi connectivity index (χ0n) is 16.0. The van der Waals surface area contributed by atoms with Gasteiger partial charge in [0.25, 0.3) is 0 Å². The van der Waals surface area contributed by atoms with Crippen molar-refractivity contribution in [2.24, 2.45) is 0 Å². The molecule has 5 nitrogen and oxygen atoms in total. The van der Waals surface area contributed by atoms with E-state index in [-0.39, 0.29) is 42.7 Å². The Balaban J connectivity index is 0. The number of hydrogen-bond acceptors (Lipinski definition) is 5. The topological polar surface area (TPSA) is 81.6 Å². The number of ether oxygens (including phenoxy) is 1. The summed E-state index contributed by atoms with van der Waals surface area (Å²) >= 11 is 0. The molecule has 0 saturated carbocycles. The van der Waals surface area contributed by atoms with Crippen LogP contribution in [0.1, 0.15) is 78.1 Å². The molecule has 1 unspecified atom stereocenters. The number of carbonyl (C=O) groups excluding carboxylic acids is 1. The molecule has 0 aromatic rings. The van der Waals surface area contributed by atoms with Crippen LogP contribution in [-0.2, 0) is 9.53 Å². The van der Waals surface area contributed by atoms with Crippen LogP contribution in [-0.4, -0.2) is 43.0 Å². The number of carboxylic acids is 1. The second-order valence-electron chi connectivity index (χ2n) is 6.36. The number of nitrogens with one attached hydrogen (secondary N) is 1. The molecule has 0 aliphatic rings. The summed E-state index contributed by atoms with van der Waals surface area (Å²) in [7, 11) is 0. The molecule has 0 amide bonds. The summed E-state index contributed by atoms with van der Waals surface area (Å²) < 4.78 is 5.41. The van der Waals surface area contributed by atoms with Gasteiger partial charge in [-0.15, -0.1) is 0 Å². The molecule has 0 radical (unpaired) electrons. The van der Waals surface area contributed by atoms with Crippen LogP contribution in [0.5, 0.6) is 0 Å². The minimum atomic E-state index is -1.16. The Hall–Kier alpha value is 0.350. The predicted molar refractivity (Wildman–Crippen MR) is 91.1 cm³/mol. The van der Waals surface area contributed by atoms with Gasteiger partial charge in [-0.2, -0.15) is 0 Å². The molecule has 0 bridgehead atoms. The number of aliphatic hydroxyl groups is 1. The van der Waals surface area contributed by atoms with Crippen LogP contribution in [0.25, 0.3) is 0 Å². The first-order valence-corrected chi connectivity index (χ1v) is 9.28. The Kier molecular flexibility index (Phi) is 21.8. The molecule has 0 fully saturated rings. The van der Waals surface area contributed by atoms with E-state index in [0.29, 0.717) is 6.61 Å². The van der Waals surface area contributed by atoms with Crippen molar-refractivity contribution in [3.63, 3.8) is 0 Å². The van der Waals surface area contributed by atoms with Gasteiger partial charge in [-0.25, -0.2) is 0 Å². The quantitative estimate of drug-likeness (QED) is 0.259. The molecule has 2 N–H and O–H groups in total. The largest absolute Gasteiger partial charge is 1.00 e. The van der Waals surface area contributed by atoms with Gasteiger partial charge in [0.2, 0.25) is 0 Å². The third kappa shape index (κ3) is 18.7. The fourth-order valence-corrected chi connectivity index (χ4v) is 2.37. The van der Waals surface area contributed by atoms with Crippen LogP contribution in [0, 0.1) is 0 Å². The summed E-state index contributed by atoms with van der Waals surface area (Å²) in [6.45, 7) is 4.83. The molecule has 24 heavy (non-hydrogen) atoms. The number of aliphatic hydroxyl groups excluding tert-OH is 1. The number of unbranched alkanes of at least 4 members (excludes halogenated alkanes) is 9. The monoisotopic (exact) mass is 353 g/mol. The van der Waals surface area contributed by atoms with E-state index in [4.69, 9.17) is 4.74 Å². The van der Waals surface area contributed by atoms with Crippen LogP contribution in [0.2, 0.25) is 0 Å². The molecular formula is C18H36NNaO4. The zero-order chi connectivity index (χ0) is 17.3. The zero-order valence-corrected chi connectivity index (χ0v) is 18.0. The van der Waals surface area contributed by atoms with Crippen LogP contribution in [0.4, 0.5) is 0 Å². The fourth-order valence-electron chi connectivity index (χ4n) is 2.37. The van der Waals surface area contributed by atoms with E-state index >= 15 is 0 Å². The standard InChI is InChI=1S/C18H37NO4.Na/c1-3-4-5-6-7-8-9-10-11-12-13-23-15-17(20)14-19-16(2)18(21)22;/h16-17,19-20H,3-15H2,1-2H3,(H,21,22);/q;+1/p-1/t16-,17?;/m0./s1. The van der Waals surface area contributed by atoms with Gasteiger partial charge in [-0.05, 0) is 13.3 Å². The van der Waals surface area contributed by atoms with Crippen molar-refractivity contribution in [1.29, 1.82) is 0 Å². The second kappa shape index (κ2) is 19.7.